The Morgan fingerprint density at radius 1 is 1.16 bits per heavy atom. The van der Waals surface area contributed by atoms with Crippen LogP contribution in [0.2, 0.25) is 0 Å². The Labute approximate surface area is 255 Å². The number of carbonyl (C=O) groups excluding carboxylic acids is 1. The minimum atomic E-state index is -4.38. The minimum Gasteiger partial charge on any atom is -0.379 e. The van der Waals surface area contributed by atoms with Gasteiger partial charge in [-0.1, -0.05) is 37.3 Å². The van der Waals surface area contributed by atoms with Gasteiger partial charge >= 0.3 is 6.18 Å². The Kier molecular flexibility index (Phi) is 10.1. The van der Waals surface area contributed by atoms with Crippen LogP contribution in [0.1, 0.15) is 42.1 Å². The fourth-order valence-corrected chi connectivity index (χ4v) is 6.30. The molecule has 9 nitrogen and oxygen atoms in total. The van der Waals surface area contributed by atoms with Crippen molar-refractivity contribution in [2.24, 2.45) is 0 Å². The van der Waals surface area contributed by atoms with Crippen molar-refractivity contribution in [1.82, 2.24) is 10.3 Å². The molecule has 1 aromatic heterocycles. The molecule has 238 valence electrons. The molecule has 2 fully saturated rings. The number of halogens is 3. The van der Waals surface area contributed by atoms with Gasteiger partial charge in [0, 0.05) is 25.9 Å². The van der Waals surface area contributed by atoms with Crippen LogP contribution >= 0.6 is 0 Å². The van der Waals surface area contributed by atoms with Crippen LogP contribution in [-0.2, 0) is 30.6 Å². The standard InChI is InChI=1S/C31H36F3N3O6S/c1-2-44(39,40)28-10-3-21(4-11-28)16-36-30(38)22-5-12-29(35-17-22)37-18-27(15-24(37)19-42-26-13-14-41-20-26)43-25-8-6-23(7-9-25)31(32,33)34/h3-8,10-12,17,24-27H,2,9,13-16,18-20H2,1H3,(H,36,38)/t24-,25?,26-,27+/m0/s1. The average molecular weight is 636 g/mol. The number of allylic oxidation sites excluding steroid dienone is 2. The van der Waals surface area contributed by atoms with Crippen LogP contribution in [0.5, 0.6) is 0 Å². The Bertz CT molecular complexity index is 1460. The van der Waals surface area contributed by atoms with Crippen LogP contribution in [-0.4, -0.2) is 82.0 Å². The zero-order chi connectivity index (χ0) is 31.3. The van der Waals surface area contributed by atoms with Gasteiger partial charge in [-0.15, -0.1) is 0 Å². The molecule has 1 amide bonds. The molecular formula is C31H36F3N3O6S. The highest BCUT2D eigenvalue weighted by atomic mass is 32.2. The lowest BCUT2D eigenvalue weighted by atomic mass is 10.0. The molecule has 5 rings (SSSR count). The molecule has 0 bridgehead atoms. The molecule has 2 aliphatic heterocycles. The number of hydrogen-bond donors (Lipinski definition) is 1. The number of rotatable bonds is 11. The van der Waals surface area contributed by atoms with E-state index in [2.05, 4.69) is 15.2 Å². The summed E-state index contributed by atoms with van der Waals surface area (Å²) in [6, 6.07) is 9.76. The van der Waals surface area contributed by atoms with Gasteiger partial charge < -0.3 is 24.4 Å². The second-order valence-electron chi connectivity index (χ2n) is 11.0. The van der Waals surface area contributed by atoms with Crippen LogP contribution in [0.3, 0.4) is 0 Å². The molecular weight excluding hydrogens is 599 g/mol. The largest absolute Gasteiger partial charge is 0.416 e. The number of ether oxygens (including phenoxy) is 3. The van der Waals surface area contributed by atoms with Gasteiger partial charge in [0.1, 0.15) is 5.82 Å². The predicted octanol–water partition coefficient (Wildman–Crippen LogP) is 4.39. The highest BCUT2D eigenvalue weighted by Gasteiger charge is 2.37. The fraction of sp³-hybridized carbons (Fsp3) is 0.484. The van der Waals surface area contributed by atoms with Crippen molar-refractivity contribution >= 4 is 21.6 Å². The van der Waals surface area contributed by atoms with E-state index in [1.165, 1.54) is 24.4 Å². The number of nitrogens with zero attached hydrogens (tertiary/aromatic N) is 2. The summed E-state index contributed by atoms with van der Waals surface area (Å²) in [5.74, 6) is 0.325. The van der Waals surface area contributed by atoms with E-state index in [1.807, 2.05) is 0 Å². The van der Waals surface area contributed by atoms with E-state index in [-0.39, 0.29) is 47.8 Å². The van der Waals surface area contributed by atoms with Gasteiger partial charge in [-0.25, -0.2) is 13.4 Å². The zero-order valence-electron chi connectivity index (χ0n) is 24.3. The summed E-state index contributed by atoms with van der Waals surface area (Å²) in [6.45, 7) is 3.88. The molecule has 1 unspecified atom stereocenters. The predicted molar refractivity (Wildman–Crippen MR) is 157 cm³/mol. The number of hydrogen-bond acceptors (Lipinski definition) is 8. The summed E-state index contributed by atoms with van der Waals surface area (Å²) < 4.78 is 80.7. The molecule has 2 aromatic rings. The molecule has 2 saturated heterocycles. The van der Waals surface area contributed by atoms with Crippen LogP contribution in [0.25, 0.3) is 0 Å². The van der Waals surface area contributed by atoms with Crippen molar-refractivity contribution in [2.75, 3.05) is 37.0 Å². The third-order valence-corrected chi connectivity index (χ3v) is 9.71. The van der Waals surface area contributed by atoms with E-state index in [1.54, 1.807) is 31.2 Å². The Hall–Kier alpha value is -3.26. The summed E-state index contributed by atoms with van der Waals surface area (Å²) in [5, 5.41) is 2.83. The monoisotopic (exact) mass is 635 g/mol. The van der Waals surface area contributed by atoms with E-state index in [4.69, 9.17) is 14.2 Å². The number of amides is 1. The molecule has 1 aromatic carbocycles. The number of aromatic nitrogens is 1. The first-order valence-electron chi connectivity index (χ1n) is 14.6. The van der Waals surface area contributed by atoms with Crippen molar-refractivity contribution in [2.45, 2.75) is 68.2 Å². The molecule has 13 heteroatoms. The highest BCUT2D eigenvalue weighted by Crippen LogP contribution is 2.32. The normalized spacial score (nSPS) is 24.0. The SMILES string of the molecule is CCS(=O)(=O)c1ccc(CNC(=O)c2ccc(N3C[C@H](OC4C=CC(C(F)(F)F)=CC4)C[C@H]3CO[C@H]3CCOC3)nc2)cc1. The van der Waals surface area contributed by atoms with Gasteiger partial charge in [0.05, 0.1) is 59.4 Å². The van der Waals surface area contributed by atoms with E-state index in [0.717, 1.165) is 24.1 Å². The molecule has 1 N–H and O–H groups in total. The first-order chi connectivity index (χ1) is 21.0. The van der Waals surface area contributed by atoms with Crippen LogP contribution in [0, 0.1) is 0 Å². The first kappa shape index (κ1) is 32.1. The molecule has 3 heterocycles. The molecule has 0 radical (unpaired) electrons. The summed E-state index contributed by atoms with van der Waals surface area (Å²) in [4.78, 5) is 19.6. The molecule has 44 heavy (non-hydrogen) atoms. The van der Waals surface area contributed by atoms with Crippen molar-refractivity contribution in [3.63, 3.8) is 0 Å². The number of anilines is 1. The van der Waals surface area contributed by atoms with E-state index >= 15 is 0 Å². The lowest BCUT2D eigenvalue weighted by molar-refractivity contribution is -0.0892. The summed E-state index contributed by atoms with van der Waals surface area (Å²) >= 11 is 0. The second-order valence-corrected chi connectivity index (χ2v) is 13.3. The molecule has 3 aliphatic rings. The van der Waals surface area contributed by atoms with Crippen molar-refractivity contribution < 1.29 is 40.6 Å². The van der Waals surface area contributed by atoms with E-state index in [0.29, 0.717) is 44.2 Å². The maximum absolute atomic E-state index is 13.0. The topological polar surface area (TPSA) is 107 Å². The minimum absolute atomic E-state index is 0.00954. The Balaban J connectivity index is 1.20. The highest BCUT2D eigenvalue weighted by molar-refractivity contribution is 7.91. The van der Waals surface area contributed by atoms with Crippen LogP contribution in [0.15, 0.2) is 71.3 Å². The maximum atomic E-state index is 13.0. The Morgan fingerprint density at radius 2 is 1.95 bits per heavy atom. The van der Waals surface area contributed by atoms with Gasteiger partial charge in [0.15, 0.2) is 9.84 Å². The average Bonchev–Trinajstić information content (AvgIpc) is 3.69. The quantitative estimate of drug-likeness (QED) is 0.388. The Morgan fingerprint density at radius 3 is 2.57 bits per heavy atom. The van der Waals surface area contributed by atoms with Gasteiger partial charge in [0.2, 0.25) is 0 Å². The summed E-state index contributed by atoms with van der Waals surface area (Å²) in [5.41, 5.74) is 0.458. The second kappa shape index (κ2) is 13.8. The smallest absolute Gasteiger partial charge is 0.379 e. The first-order valence-corrected chi connectivity index (χ1v) is 16.3. The fourth-order valence-electron chi connectivity index (χ4n) is 5.42. The van der Waals surface area contributed by atoms with Crippen molar-refractivity contribution in [3.05, 3.63) is 77.5 Å². The molecule has 0 spiro atoms. The van der Waals surface area contributed by atoms with E-state index in [9.17, 15) is 26.4 Å². The number of pyridine rings is 1. The molecule has 4 atom stereocenters. The van der Waals surface area contributed by atoms with Gasteiger partial charge in [-0.2, -0.15) is 13.2 Å². The van der Waals surface area contributed by atoms with Crippen molar-refractivity contribution in [3.8, 4) is 0 Å². The molecule has 0 saturated carbocycles. The maximum Gasteiger partial charge on any atom is 0.416 e. The van der Waals surface area contributed by atoms with E-state index < -0.39 is 27.7 Å². The molecule has 1 aliphatic carbocycles. The third kappa shape index (κ3) is 8.06. The number of sulfone groups is 1. The summed E-state index contributed by atoms with van der Waals surface area (Å²) in [7, 11) is -3.29. The number of nitrogens with one attached hydrogen (secondary N) is 1. The van der Waals surface area contributed by atoms with Gasteiger partial charge in [0.25, 0.3) is 5.91 Å². The van der Waals surface area contributed by atoms with Crippen LogP contribution < -0.4 is 10.2 Å². The van der Waals surface area contributed by atoms with Crippen molar-refractivity contribution in [1.29, 1.82) is 0 Å². The zero-order valence-corrected chi connectivity index (χ0v) is 25.1. The number of carbonyl (C=O) groups is 1. The van der Waals surface area contributed by atoms with Gasteiger partial charge in [-0.05, 0) is 49.1 Å². The number of alkyl halides is 3. The van der Waals surface area contributed by atoms with Crippen LogP contribution in [0.4, 0.5) is 19.0 Å². The lowest BCUT2D eigenvalue weighted by Crippen LogP contribution is -2.35. The number of benzene rings is 1. The summed E-state index contributed by atoms with van der Waals surface area (Å²) in [6.07, 6.45) is 1.68. The lowest BCUT2D eigenvalue weighted by Gasteiger charge is -2.26. The third-order valence-electron chi connectivity index (χ3n) is 7.96. The van der Waals surface area contributed by atoms with Gasteiger partial charge in [-0.3, -0.25) is 4.79 Å².